The Balaban J connectivity index is 1.41. The zero-order valence-corrected chi connectivity index (χ0v) is 15.0. The van der Waals surface area contributed by atoms with Gasteiger partial charge in [-0.25, -0.2) is 0 Å². The molecule has 0 radical (unpaired) electrons. The van der Waals surface area contributed by atoms with Gasteiger partial charge in [0.2, 0.25) is 0 Å². The number of carbonyl (C=O) groups is 1. The Bertz CT molecular complexity index is 991. The van der Waals surface area contributed by atoms with Gasteiger partial charge in [-0.05, 0) is 77.9 Å². The third kappa shape index (κ3) is 3.21. The standard InChI is InChI=1S/C23H21NO2/c1-15-7-9-20(11-16(15)2)26-14-23(25)24-19-8-10-22-18(13-19)12-17-5-3-4-6-21(17)22/h3-11,13H,12,14H2,1-2H3,(H,24,25). The summed E-state index contributed by atoms with van der Waals surface area (Å²) in [7, 11) is 0. The van der Waals surface area contributed by atoms with Crippen LogP contribution in [0.25, 0.3) is 11.1 Å². The fraction of sp³-hybridized carbons (Fsp3) is 0.174. The van der Waals surface area contributed by atoms with Crippen molar-refractivity contribution >= 4 is 11.6 Å². The average molecular weight is 343 g/mol. The molecular formula is C23H21NO2. The largest absolute Gasteiger partial charge is 0.484 e. The van der Waals surface area contributed by atoms with E-state index >= 15 is 0 Å². The predicted octanol–water partition coefficient (Wildman–Crippen LogP) is 4.89. The molecule has 0 unspecified atom stereocenters. The Kier molecular flexibility index (Phi) is 4.21. The molecule has 0 saturated carbocycles. The third-order valence-corrected chi connectivity index (χ3v) is 4.93. The van der Waals surface area contributed by atoms with Crippen LogP contribution in [-0.4, -0.2) is 12.5 Å². The minimum absolute atomic E-state index is 0.000187. The van der Waals surface area contributed by atoms with Gasteiger partial charge in [0.05, 0.1) is 0 Å². The molecule has 3 nitrogen and oxygen atoms in total. The molecule has 26 heavy (non-hydrogen) atoms. The number of aryl methyl sites for hydroxylation is 2. The smallest absolute Gasteiger partial charge is 0.262 e. The summed E-state index contributed by atoms with van der Waals surface area (Å²) in [5.74, 6) is 0.561. The number of fused-ring (bicyclic) bond motifs is 3. The van der Waals surface area contributed by atoms with Crippen LogP contribution >= 0.6 is 0 Å². The van der Waals surface area contributed by atoms with E-state index in [1.54, 1.807) is 0 Å². The van der Waals surface area contributed by atoms with Gasteiger partial charge in [-0.1, -0.05) is 36.4 Å². The normalized spacial score (nSPS) is 11.6. The first-order valence-corrected chi connectivity index (χ1v) is 8.81. The van der Waals surface area contributed by atoms with E-state index in [1.807, 2.05) is 31.2 Å². The first-order valence-electron chi connectivity index (χ1n) is 8.81. The third-order valence-electron chi connectivity index (χ3n) is 4.93. The van der Waals surface area contributed by atoms with Crippen LogP contribution in [0.3, 0.4) is 0 Å². The minimum atomic E-state index is -0.154. The Hall–Kier alpha value is -3.07. The summed E-state index contributed by atoms with van der Waals surface area (Å²) in [6.45, 7) is 4.09. The Morgan fingerprint density at radius 1 is 0.923 bits per heavy atom. The summed E-state index contributed by atoms with van der Waals surface area (Å²) in [4.78, 5) is 12.2. The molecule has 4 rings (SSSR count). The molecule has 3 aromatic rings. The van der Waals surface area contributed by atoms with Crippen molar-refractivity contribution in [3.8, 4) is 16.9 Å². The summed E-state index contributed by atoms with van der Waals surface area (Å²) in [5, 5.41) is 2.93. The molecule has 130 valence electrons. The van der Waals surface area contributed by atoms with Crippen LogP contribution in [0.1, 0.15) is 22.3 Å². The quantitative estimate of drug-likeness (QED) is 0.573. The van der Waals surface area contributed by atoms with Crippen LogP contribution in [0, 0.1) is 13.8 Å². The van der Waals surface area contributed by atoms with Crippen LogP contribution < -0.4 is 10.1 Å². The van der Waals surface area contributed by atoms with Gasteiger partial charge in [0.1, 0.15) is 5.75 Å². The second kappa shape index (κ2) is 6.68. The number of ether oxygens (including phenoxy) is 1. The molecule has 0 saturated heterocycles. The predicted molar refractivity (Wildman–Crippen MR) is 105 cm³/mol. The van der Waals surface area contributed by atoms with Crippen molar-refractivity contribution in [3.63, 3.8) is 0 Å². The summed E-state index contributed by atoms with van der Waals surface area (Å²) in [5.41, 5.74) is 8.30. The molecule has 3 heteroatoms. The Morgan fingerprint density at radius 3 is 2.58 bits per heavy atom. The number of carbonyl (C=O) groups excluding carboxylic acids is 1. The zero-order valence-electron chi connectivity index (χ0n) is 15.0. The molecule has 0 fully saturated rings. The lowest BCUT2D eigenvalue weighted by Crippen LogP contribution is -2.20. The SMILES string of the molecule is Cc1ccc(OCC(=O)Nc2ccc3c(c2)Cc2ccccc2-3)cc1C. The summed E-state index contributed by atoms with van der Waals surface area (Å²) in [6, 6.07) is 20.4. The van der Waals surface area contributed by atoms with Crippen LogP contribution in [0.2, 0.25) is 0 Å². The highest BCUT2D eigenvalue weighted by Crippen LogP contribution is 2.37. The van der Waals surface area contributed by atoms with Crippen molar-refractivity contribution in [2.45, 2.75) is 20.3 Å². The number of hydrogen-bond donors (Lipinski definition) is 1. The molecule has 1 aliphatic carbocycles. The highest BCUT2D eigenvalue weighted by molar-refractivity contribution is 5.92. The summed E-state index contributed by atoms with van der Waals surface area (Å²) in [6.07, 6.45) is 0.911. The van der Waals surface area contributed by atoms with Crippen molar-refractivity contribution in [3.05, 3.63) is 82.9 Å². The lowest BCUT2D eigenvalue weighted by Gasteiger charge is -2.10. The van der Waals surface area contributed by atoms with E-state index in [0.29, 0.717) is 5.75 Å². The minimum Gasteiger partial charge on any atom is -0.484 e. The van der Waals surface area contributed by atoms with Crippen LogP contribution in [0.5, 0.6) is 5.75 Å². The molecule has 0 aromatic heterocycles. The van der Waals surface area contributed by atoms with Crippen molar-refractivity contribution < 1.29 is 9.53 Å². The van der Waals surface area contributed by atoms with E-state index in [2.05, 4.69) is 48.6 Å². The van der Waals surface area contributed by atoms with Crippen molar-refractivity contribution in [2.75, 3.05) is 11.9 Å². The monoisotopic (exact) mass is 343 g/mol. The highest BCUT2D eigenvalue weighted by Gasteiger charge is 2.18. The summed E-state index contributed by atoms with van der Waals surface area (Å²) >= 11 is 0. The molecule has 0 bridgehead atoms. The molecule has 1 amide bonds. The summed E-state index contributed by atoms with van der Waals surface area (Å²) < 4.78 is 5.61. The van der Waals surface area contributed by atoms with Crippen molar-refractivity contribution in [1.82, 2.24) is 0 Å². The van der Waals surface area contributed by atoms with Gasteiger partial charge >= 0.3 is 0 Å². The van der Waals surface area contributed by atoms with E-state index in [4.69, 9.17) is 4.74 Å². The van der Waals surface area contributed by atoms with Crippen LogP contribution in [0.15, 0.2) is 60.7 Å². The van der Waals surface area contributed by atoms with E-state index in [-0.39, 0.29) is 12.5 Å². The second-order valence-corrected chi connectivity index (χ2v) is 6.79. The molecule has 1 aliphatic rings. The molecular weight excluding hydrogens is 322 g/mol. The Labute approximate surface area is 153 Å². The van der Waals surface area contributed by atoms with E-state index < -0.39 is 0 Å². The second-order valence-electron chi connectivity index (χ2n) is 6.79. The van der Waals surface area contributed by atoms with Gasteiger partial charge in [0.15, 0.2) is 6.61 Å². The molecule has 0 atom stereocenters. The van der Waals surface area contributed by atoms with E-state index in [1.165, 1.54) is 27.8 Å². The van der Waals surface area contributed by atoms with Gasteiger partial charge < -0.3 is 10.1 Å². The Morgan fingerprint density at radius 2 is 1.73 bits per heavy atom. The van der Waals surface area contributed by atoms with Crippen LogP contribution in [-0.2, 0) is 11.2 Å². The number of hydrogen-bond acceptors (Lipinski definition) is 2. The number of anilines is 1. The molecule has 1 N–H and O–H groups in total. The molecule has 0 spiro atoms. The van der Waals surface area contributed by atoms with Crippen molar-refractivity contribution in [2.24, 2.45) is 0 Å². The van der Waals surface area contributed by atoms with Gasteiger partial charge in [-0.15, -0.1) is 0 Å². The van der Waals surface area contributed by atoms with Gasteiger partial charge in [-0.2, -0.15) is 0 Å². The maximum atomic E-state index is 12.2. The topological polar surface area (TPSA) is 38.3 Å². The molecule has 0 heterocycles. The van der Waals surface area contributed by atoms with Crippen LogP contribution in [0.4, 0.5) is 5.69 Å². The van der Waals surface area contributed by atoms with Gasteiger partial charge in [-0.3, -0.25) is 4.79 Å². The number of benzene rings is 3. The number of rotatable bonds is 4. The molecule has 3 aromatic carbocycles. The fourth-order valence-corrected chi connectivity index (χ4v) is 3.37. The molecule has 0 aliphatic heterocycles. The maximum Gasteiger partial charge on any atom is 0.262 e. The first-order chi connectivity index (χ1) is 12.6. The van der Waals surface area contributed by atoms with E-state index in [9.17, 15) is 4.79 Å². The first kappa shape index (κ1) is 16.4. The van der Waals surface area contributed by atoms with Crippen molar-refractivity contribution in [1.29, 1.82) is 0 Å². The number of nitrogens with one attached hydrogen (secondary N) is 1. The van der Waals surface area contributed by atoms with Gasteiger partial charge in [0, 0.05) is 5.69 Å². The van der Waals surface area contributed by atoms with E-state index in [0.717, 1.165) is 17.7 Å². The highest BCUT2D eigenvalue weighted by atomic mass is 16.5. The zero-order chi connectivity index (χ0) is 18.1. The number of amides is 1. The lowest BCUT2D eigenvalue weighted by atomic mass is 10.1. The van der Waals surface area contributed by atoms with Gasteiger partial charge in [0.25, 0.3) is 5.91 Å². The maximum absolute atomic E-state index is 12.2. The lowest BCUT2D eigenvalue weighted by molar-refractivity contribution is -0.118. The average Bonchev–Trinajstić information content (AvgIpc) is 3.00. The fourth-order valence-electron chi connectivity index (χ4n) is 3.37.